The molecule has 0 saturated heterocycles. The predicted molar refractivity (Wildman–Crippen MR) is 105 cm³/mol. The van der Waals surface area contributed by atoms with Crippen LogP contribution in [0.4, 0.5) is 0 Å². The van der Waals surface area contributed by atoms with Gasteiger partial charge in [0, 0.05) is 18.0 Å². The van der Waals surface area contributed by atoms with E-state index in [-0.39, 0.29) is 0 Å². The van der Waals surface area contributed by atoms with Gasteiger partial charge in [-0.25, -0.2) is 4.98 Å². The smallest absolute Gasteiger partial charge is 0.144 e. The van der Waals surface area contributed by atoms with Gasteiger partial charge in [0.2, 0.25) is 0 Å². The van der Waals surface area contributed by atoms with E-state index < -0.39 is 0 Å². The Morgan fingerprint density at radius 3 is 2.00 bits per heavy atom. The molecule has 0 N–H and O–H groups in total. The van der Waals surface area contributed by atoms with E-state index in [1.807, 2.05) is 6.20 Å². The molecule has 2 nitrogen and oxygen atoms in total. The summed E-state index contributed by atoms with van der Waals surface area (Å²) in [5, 5.41) is 0. The molecule has 1 heterocycles. The minimum atomic E-state index is 0.465. The molecule has 1 aromatic heterocycles. The highest BCUT2D eigenvalue weighted by molar-refractivity contribution is 6.32. The Labute approximate surface area is 146 Å². The summed E-state index contributed by atoms with van der Waals surface area (Å²) in [6.07, 6.45) is 3.98. The summed E-state index contributed by atoms with van der Waals surface area (Å²) >= 11 is 0. The molecule has 2 aromatic carbocycles. The first-order chi connectivity index (χ1) is 11.5. The van der Waals surface area contributed by atoms with Crippen LogP contribution in [0.2, 0.25) is 0 Å². The van der Waals surface area contributed by atoms with Gasteiger partial charge < -0.3 is 0 Å². The standard InChI is InChI=1S/C21H25BN2/c1-14(2)18-6-5-7-19(15(3)4)20(18)24-13-12-23-21(24)16-8-10-17(22)11-9-16/h5-15H,22H2,1-4H3. The number of rotatable bonds is 4. The van der Waals surface area contributed by atoms with Crippen molar-refractivity contribution in [3.8, 4) is 17.1 Å². The second-order valence-corrected chi connectivity index (χ2v) is 7.08. The molecule has 3 heteroatoms. The van der Waals surface area contributed by atoms with Gasteiger partial charge in [-0.05, 0) is 23.0 Å². The molecule has 0 saturated carbocycles. The number of nitrogens with zero attached hydrogens (tertiary/aromatic N) is 2. The van der Waals surface area contributed by atoms with E-state index >= 15 is 0 Å². The van der Waals surface area contributed by atoms with Gasteiger partial charge in [-0.2, -0.15) is 0 Å². The highest BCUT2D eigenvalue weighted by Gasteiger charge is 2.18. The van der Waals surface area contributed by atoms with Crippen LogP contribution in [0, 0.1) is 0 Å². The Bertz CT molecular complexity index is 803. The fourth-order valence-corrected chi connectivity index (χ4v) is 3.19. The lowest BCUT2D eigenvalue weighted by molar-refractivity contribution is 0.807. The van der Waals surface area contributed by atoms with E-state index in [0.717, 1.165) is 11.4 Å². The van der Waals surface area contributed by atoms with E-state index in [1.54, 1.807) is 0 Å². The molecular formula is C21H25BN2. The third-order valence-electron chi connectivity index (χ3n) is 4.53. The fraction of sp³-hybridized carbons (Fsp3) is 0.286. The second-order valence-electron chi connectivity index (χ2n) is 7.08. The van der Waals surface area contributed by atoms with Crippen LogP contribution in [0.3, 0.4) is 0 Å². The van der Waals surface area contributed by atoms with Gasteiger partial charge in [0.05, 0.1) is 5.69 Å². The maximum absolute atomic E-state index is 4.66. The van der Waals surface area contributed by atoms with Crippen molar-refractivity contribution in [2.45, 2.75) is 39.5 Å². The molecule has 0 fully saturated rings. The summed E-state index contributed by atoms with van der Waals surface area (Å²) in [5.74, 6) is 1.93. The van der Waals surface area contributed by atoms with Crippen molar-refractivity contribution in [2.75, 3.05) is 0 Å². The molecule has 0 aliphatic carbocycles. The number of hydrogen-bond acceptors (Lipinski definition) is 1. The molecule has 0 spiro atoms. The normalized spacial score (nSPS) is 11.4. The first-order valence-electron chi connectivity index (χ1n) is 8.72. The maximum Gasteiger partial charge on any atom is 0.144 e. The number of imidazole rings is 1. The molecule has 24 heavy (non-hydrogen) atoms. The number of benzene rings is 2. The zero-order chi connectivity index (χ0) is 17.3. The van der Waals surface area contributed by atoms with Crippen LogP contribution >= 0.6 is 0 Å². The first kappa shape index (κ1) is 16.6. The van der Waals surface area contributed by atoms with Gasteiger partial charge in [-0.1, -0.05) is 75.6 Å². The zero-order valence-electron chi connectivity index (χ0n) is 15.2. The van der Waals surface area contributed by atoms with Crippen molar-refractivity contribution in [1.82, 2.24) is 9.55 Å². The summed E-state index contributed by atoms with van der Waals surface area (Å²) in [6, 6.07) is 15.3. The number of aromatic nitrogens is 2. The number of hydrogen-bond donors (Lipinski definition) is 0. The summed E-state index contributed by atoms with van der Waals surface area (Å²) in [4.78, 5) is 4.66. The SMILES string of the molecule is Bc1ccc(-c2nccn2-c2c(C(C)C)cccc2C(C)C)cc1. The van der Waals surface area contributed by atoms with E-state index in [1.165, 1.54) is 22.3 Å². The Morgan fingerprint density at radius 2 is 1.46 bits per heavy atom. The average Bonchev–Trinajstić information content (AvgIpc) is 3.03. The highest BCUT2D eigenvalue weighted by atomic mass is 15.1. The van der Waals surface area contributed by atoms with E-state index in [4.69, 9.17) is 0 Å². The maximum atomic E-state index is 4.66. The van der Waals surface area contributed by atoms with Crippen LogP contribution in [0.5, 0.6) is 0 Å². The van der Waals surface area contributed by atoms with Crippen LogP contribution in [0.1, 0.15) is 50.7 Å². The lowest BCUT2D eigenvalue weighted by Crippen LogP contribution is -2.08. The van der Waals surface area contributed by atoms with Gasteiger partial charge in [-0.3, -0.25) is 4.57 Å². The molecule has 0 atom stereocenters. The quantitative estimate of drug-likeness (QED) is 0.664. The van der Waals surface area contributed by atoms with Crippen molar-refractivity contribution in [3.63, 3.8) is 0 Å². The lowest BCUT2D eigenvalue weighted by Gasteiger charge is -2.21. The van der Waals surface area contributed by atoms with Crippen LogP contribution in [-0.4, -0.2) is 17.4 Å². The molecule has 0 unspecified atom stereocenters. The largest absolute Gasteiger partial charge is 0.299 e. The van der Waals surface area contributed by atoms with E-state index in [9.17, 15) is 0 Å². The van der Waals surface area contributed by atoms with Crippen LogP contribution in [0.25, 0.3) is 17.1 Å². The van der Waals surface area contributed by atoms with Gasteiger partial charge in [0.25, 0.3) is 0 Å². The van der Waals surface area contributed by atoms with Gasteiger partial charge in [0.15, 0.2) is 0 Å². The third kappa shape index (κ3) is 3.03. The van der Waals surface area contributed by atoms with Crippen molar-refractivity contribution in [1.29, 1.82) is 0 Å². The van der Waals surface area contributed by atoms with Crippen LogP contribution in [-0.2, 0) is 0 Å². The summed E-state index contributed by atoms with van der Waals surface area (Å²) in [5.41, 5.74) is 6.44. The molecule has 122 valence electrons. The zero-order valence-corrected chi connectivity index (χ0v) is 15.2. The fourth-order valence-electron chi connectivity index (χ4n) is 3.19. The molecule has 0 aliphatic heterocycles. The molecule has 0 aliphatic rings. The summed E-state index contributed by atoms with van der Waals surface area (Å²) in [6.45, 7) is 9.02. The van der Waals surface area contributed by atoms with Gasteiger partial charge in [0.1, 0.15) is 13.7 Å². The van der Waals surface area contributed by atoms with Gasteiger partial charge >= 0.3 is 0 Å². The van der Waals surface area contributed by atoms with E-state index in [2.05, 4.69) is 93.8 Å². The predicted octanol–water partition coefficient (Wildman–Crippen LogP) is 4.04. The monoisotopic (exact) mass is 316 g/mol. The van der Waals surface area contributed by atoms with Crippen molar-refractivity contribution in [2.24, 2.45) is 0 Å². The van der Waals surface area contributed by atoms with Gasteiger partial charge in [-0.15, -0.1) is 0 Å². The molecule has 0 bridgehead atoms. The molecule has 0 radical (unpaired) electrons. The van der Waals surface area contributed by atoms with Crippen molar-refractivity contribution >= 4 is 13.3 Å². The first-order valence-corrected chi connectivity index (χ1v) is 8.72. The summed E-state index contributed by atoms with van der Waals surface area (Å²) < 4.78 is 2.26. The van der Waals surface area contributed by atoms with Crippen LogP contribution < -0.4 is 5.46 Å². The molecule has 3 aromatic rings. The molecule has 3 rings (SSSR count). The average molecular weight is 316 g/mol. The summed E-state index contributed by atoms with van der Waals surface area (Å²) in [7, 11) is 2.11. The Kier molecular flexibility index (Phi) is 4.61. The minimum Gasteiger partial charge on any atom is -0.299 e. The Balaban J connectivity index is 2.24. The molecular weight excluding hydrogens is 291 g/mol. The van der Waals surface area contributed by atoms with Crippen molar-refractivity contribution < 1.29 is 0 Å². The highest BCUT2D eigenvalue weighted by Crippen LogP contribution is 2.33. The Morgan fingerprint density at radius 1 is 0.875 bits per heavy atom. The lowest BCUT2D eigenvalue weighted by atomic mass is 9.92. The third-order valence-corrected chi connectivity index (χ3v) is 4.53. The Hall–Kier alpha value is -2.29. The number of para-hydroxylation sites is 1. The van der Waals surface area contributed by atoms with Crippen molar-refractivity contribution in [3.05, 3.63) is 66.0 Å². The minimum absolute atomic E-state index is 0.465. The van der Waals surface area contributed by atoms with Crippen LogP contribution in [0.15, 0.2) is 54.9 Å². The second kappa shape index (κ2) is 6.68. The molecule has 0 amide bonds. The topological polar surface area (TPSA) is 17.8 Å². The van der Waals surface area contributed by atoms with E-state index in [0.29, 0.717) is 11.8 Å².